The van der Waals surface area contributed by atoms with E-state index in [-0.39, 0.29) is 16.8 Å². The van der Waals surface area contributed by atoms with Crippen LogP contribution in [-0.2, 0) is 11.8 Å². The molecule has 1 aliphatic heterocycles. The first kappa shape index (κ1) is 15.1. The van der Waals surface area contributed by atoms with Gasteiger partial charge >= 0.3 is 5.69 Å². The molecule has 1 saturated heterocycles. The molecule has 0 aliphatic carbocycles. The van der Waals surface area contributed by atoms with Crippen LogP contribution >= 0.6 is 11.8 Å². The van der Waals surface area contributed by atoms with Crippen LogP contribution in [0.4, 0.5) is 0 Å². The molecule has 0 saturated carbocycles. The van der Waals surface area contributed by atoms with Crippen molar-refractivity contribution in [1.29, 1.82) is 0 Å². The van der Waals surface area contributed by atoms with Gasteiger partial charge in [0.05, 0.1) is 38.0 Å². The highest BCUT2D eigenvalue weighted by Crippen LogP contribution is 2.20. The van der Waals surface area contributed by atoms with Crippen LogP contribution in [0.2, 0.25) is 0 Å². The Balaban J connectivity index is 1.92. The van der Waals surface area contributed by atoms with Gasteiger partial charge in [-0.2, -0.15) is 0 Å². The number of nitrogens with one attached hydrogen (secondary N) is 2. The van der Waals surface area contributed by atoms with Crippen molar-refractivity contribution in [2.75, 3.05) is 32.7 Å². The average molecular weight is 300 g/mol. The number of quaternary nitrogens is 1. The fourth-order valence-corrected chi connectivity index (χ4v) is 3.21. The van der Waals surface area contributed by atoms with E-state index in [0.29, 0.717) is 5.16 Å². The van der Waals surface area contributed by atoms with E-state index in [4.69, 9.17) is 0 Å². The molecule has 112 valence electrons. The second-order valence-electron chi connectivity index (χ2n) is 5.06. The molecule has 2 N–H and O–H groups in total. The summed E-state index contributed by atoms with van der Waals surface area (Å²) in [6.07, 6.45) is 0. The van der Waals surface area contributed by atoms with E-state index in [1.54, 1.807) is 11.9 Å². The number of rotatable bonds is 4. The van der Waals surface area contributed by atoms with Gasteiger partial charge in [-0.3, -0.25) is 9.36 Å². The van der Waals surface area contributed by atoms with Crippen molar-refractivity contribution in [3.63, 3.8) is 0 Å². The molecule has 2 rings (SSSR count). The topological polar surface area (TPSA) is 75.4 Å². The highest BCUT2D eigenvalue weighted by molar-refractivity contribution is 8.00. The Bertz CT molecular complexity index is 518. The molecule has 1 aromatic rings. The van der Waals surface area contributed by atoms with Gasteiger partial charge in [-0.1, -0.05) is 11.8 Å². The summed E-state index contributed by atoms with van der Waals surface area (Å²) in [5, 5.41) is 6.62. The van der Waals surface area contributed by atoms with Crippen molar-refractivity contribution >= 4 is 17.7 Å². The fourth-order valence-electron chi connectivity index (χ4n) is 2.30. The highest BCUT2D eigenvalue weighted by Gasteiger charge is 2.27. The third-order valence-electron chi connectivity index (χ3n) is 3.75. The Labute approximate surface area is 122 Å². The quantitative estimate of drug-likeness (QED) is 0.653. The molecule has 0 bridgehead atoms. The zero-order chi connectivity index (χ0) is 14.7. The number of amides is 1. The fraction of sp³-hybridized carbons (Fsp3) is 0.750. The van der Waals surface area contributed by atoms with E-state index in [1.165, 1.54) is 16.3 Å². The number of aromatic amines is 1. The number of likely N-dealkylation sites (N-methyl/N-ethyl adjacent to an activating group) is 1. The van der Waals surface area contributed by atoms with Crippen LogP contribution in [0, 0.1) is 0 Å². The number of piperazine rings is 1. The first-order valence-corrected chi connectivity index (χ1v) is 7.81. The van der Waals surface area contributed by atoms with Crippen LogP contribution in [0.1, 0.15) is 13.8 Å². The SMILES string of the molecule is CC[NH+]1CCN(C(=O)[C@H](C)Sc2n[nH]c(=O)n2C)CC1. The lowest BCUT2D eigenvalue weighted by atomic mass is 10.3. The Hall–Kier alpha value is -1.28. The maximum atomic E-state index is 12.4. The van der Waals surface area contributed by atoms with Gasteiger partial charge in [-0.15, -0.1) is 5.10 Å². The molecular formula is C12H22N5O2S+. The lowest BCUT2D eigenvalue weighted by molar-refractivity contribution is -0.902. The van der Waals surface area contributed by atoms with Gasteiger partial charge < -0.3 is 9.80 Å². The molecule has 0 radical (unpaired) electrons. The van der Waals surface area contributed by atoms with Gasteiger partial charge in [-0.25, -0.2) is 9.89 Å². The molecule has 1 amide bonds. The molecular weight excluding hydrogens is 278 g/mol. The molecule has 2 heterocycles. The molecule has 1 fully saturated rings. The second kappa shape index (κ2) is 6.45. The van der Waals surface area contributed by atoms with Crippen molar-refractivity contribution in [2.45, 2.75) is 24.3 Å². The van der Waals surface area contributed by atoms with Gasteiger partial charge in [0.2, 0.25) is 5.91 Å². The number of H-pyrrole nitrogens is 1. The zero-order valence-electron chi connectivity index (χ0n) is 12.2. The predicted octanol–water partition coefficient (Wildman–Crippen LogP) is -1.66. The summed E-state index contributed by atoms with van der Waals surface area (Å²) in [6.45, 7) is 8.80. The highest BCUT2D eigenvalue weighted by atomic mass is 32.2. The normalized spacial score (nSPS) is 18.2. The van der Waals surface area contributed by atoms with Gasteiger partial charge in [0.15, 0.2) is 5.16 Å². The van der Waals surface area contributed by atoms with Crippen molar-refractivity contribution in [3.05, 3.63) is 10.5 Å². The summed E-state index contributed by atoms with van der Waals surface area (Å²) < 4.78 is 1.42. The number of nitrogens with zero attached hydrogens (tertiary/aromatic N) is 3. The number of carbonyl (C=O) groups is 1. The minimum absolute atomic E-state index is 0.126. The van der Waals surface area contributed by atoms with Gasteiger partial charge in [-0.05, 0) is 13.8 Å². The lowest BCUT2D eigenvalue weighted by Crippen LogP contribution is -3.14. The monoisotopic (exact) mass is 300 g/mol. The van der Waals surface area contributed by atoms with E-state index in [0.717, 1.165) is 32.7 Å². The number of thioether (sulfide) groups is 1. The van der Waals surface area contributed by atoms with Crippen molar-refractivity contribution in [1.82, 2.24) is 19.7 Å². The first-order chi connectivity index (χ1) is 9.52. The van der Waals surface area contributed by atoms with Crippen LogP contribution < -0.4 is 10.6 Å². The predicted molar refractivity (Wildman–Crippen MR) is 77.0 cm³/mol. The average Bonchev–Trinajstić information content (AvgIpc) is 2.78. The Morgan fingerprint density at radius 1 is 1.50 bits per heavy atom. The second-order valence-corrected chi connectivity index (χ2v) is 6.37. The van der Waals surface area contributed by atoms with Crippen molar-refractivity contribution in [3.8, 4) is 0 Å². The number of aromatic nitrogens is 3. The van der Waals surface area contributed by atoms with E-state index in [2.05, 4.69) is 17.1 Å². The smallest absolute Gasteiger partial charge is 0.332 e. The molecule has 0 spiro atoms. The van der Waals surface area contributed by atoms with E-state index >= 15 is 0 Å². The van der Waals surface area contributed by atoms with Crippen LogP contribution in [0.5, 0.6) is 0 Å². The van der Waals surface area contributed by atoms with Crippen molar-refractivity contribution < 1.29 is 9.69 Å². The van der Waals surface area contributed by atoms with Crippen LogP contribution in [0.15, 0.2) is 9.95 Å². The number of hydrogen-bond donors (Lipinski definition) is 2. The van der Waals surface area contributed by atoms with Gasteiger partial charge in [0, 0.05) is 7.05 Å². The summed E-state index contributed by atoms with van der Waals surface area (Å²) in [5.41, 5.74) is -0.257. The third-order valence-corrected chi connectivity index (χ3v) is 4.88. The van der Waals surface area contributed by atoms with E-state index < -0.39 is 0 Å². The number of hydrogen-bond acceptors (Lipinski definition) is 4. The minimum atomic E-state index is -0.257. The van der Waals surface area contributed by atoms with E-state index in [1.807, 2.05) is 11.8 Å². The van der Waals surface area contributed by atoms with Crippen LogP contribution in [0.3, 0.4) is 0 Å². The van der Waals surface area contributed by atoms with Crippen molar-refractivity contribution in [2.24, 2.45) is 7.05 Å². The van der Waals surface area contributed by atoms with Gasteiger partial charge in [0.25, 0.3) is 0 Å². The molecule has 20 heavy (non-hydrogen) atoms. The summed E-state index contributed by atoms with van der Waals surface area (Å²) in [4.78, 5) is 27.1. The minimum Gasteiger partial charge on any atom is -0.332 e. The molecule has 0 aromatic carbocycles. The Morgan fingerprint density at radius 2 is 2.15 bits per heavy atom. The maximum Gasteiger partial charge on any atom is 0.343 e. The standard InChI is InChI=1S/C12H21N5O2S/c1-4-16-5-7-17(8-6-16)10(18)9(2)20-12-14-13-11(19)15(12)3/h9H,4-8H2,1-3H3,(H,13,19)/p+1/t9-/m0/s1. The lowest BCUT2D eigenvalue weighted by Gasteiger charge is -2.32. The van der Waals surface area contributed by atoms with E-state index in [9.17, 15) is 9.59 Å². The summed E-state index contributed by atoms with van der Waals surface area (Å²) in [5.74, 6) is 0.126. The summed E-state index contributed by atoms with van der Waals surface area (Å²) >= 11 is 1.32. The molecule has 1 aromatic heterocycles. The molecule has 1 atom stereocenters. The maximum absolute atomic E-state index is 12.4. The summed E-state index contributed by atoms with van der Waals surface area (Å²) in [6, 6.07) is 0. The largest absolute Gasteiger partial charge is 0.343 e. The first-order valence-electron chi connectivity index (χ1n) is 6.93. The Kier molecular flexibility index (Phi) is 4.87. The number of carbonyl (C=O) groups excluding carboxylic acids is 1. The summed E-state index contributed by atoms with van der Waals surface area (Å²) in [7, 11) is 1.65. The molecule has 7 nitrogen and oxygen atoms in total. The molecule has 1 aliphatic rings. The zero-order valence-corrected chi connectivity index (χ0v) is 13.0. The molecule has 8 heteroatoms. The Morgan fingerprint density at radius 3 is 2.65 bits per heavy atom. The van der Waals surface area contributed by atoms with Crippen LogP contribution in [-0.4, -0.2) is 63.5 Å². The van der Waals surface area contributed by atoms with Crippen LogP contribution in [0.25, 0.3) is 0 Å². The van der Waals surface area contributed by atoms with Gasteiger partial charge in [0.1, 0.15) is 0 Å². The third kappa shape index (κ3) is 3.24. The molecule has 0 unspecified atom stereocenters.